The molecule has 0 bridgehead atoms. The Morgan fingerprint density at radius 3 is 2.62 bits per heavy atom. The van der Waals surface area contributed by atoms with Gasteiger partial charge in [-0.05, 0) is 24.1 Å². The van der Waals surface area contributed by atoms with Gasteiger partial charge < -0.3 is 4.74 Å². The molecule has 2 atom stereocenters. The number of benzene rings is 1. The van der Waals surface area contributed by atoms with E-state index >= 15 is 0 Å². The summed E-state index contributed by atoms with van der Waals surface area (Å²) in [6, 6.07) is 7.46. The number of halogens is 1. The van der Waals surface area contributed by atoms with E-state index in [0.29, 0.717) is 11.4 Å². The van der Waals surface area contributed by atoms with Gasteiger partial charge in [0.15, 0.2) is 0 Å². The second-order valence-corrected chi connectivity index (χ2v) is 4.16. The highest BCUT2D eigenvalue weighted by atomic mass is 35.5. The van der Waals surface area contributed by atoms with Gasteiger partial charge in [0.2, 0.25) is 0 Å². The standard InChI is InChI=1S/C12H12ClNO2/c1-16-12(15)11(6-10-7-14-10)8-2-4-9(13)5-3-8/h2-5,7,10-11H,6H2,1H3. The van der Waals surface area contributed by atoms with E-state index in [9.17, 15) is 4.79 Å². The maximum absolute atomic E-state index is 11.6. The summed E-state index contributed by atoms with van der Waals surface area (Å²) in [4.78, 5) is 15.7. The zero-order valence-corrected chi connectivity index (χ0v) is 9.65. The first-order valence-electron chi connectivity index (χ1n) is 5.07. The van der Waals surface area contributed by atoms with Crippen LogP contribution in [0.15, 0.2) is 29.3 Å². The third-order valence-corrected chi connectivity index (χ3v) is 2.85. The Morgan fingerprint density at radius 1 is 1.50 bits per heavy atom. The molecule has 1 aliphatic rings. The summed E-state index contributed by atoms with van der Waals surface area (Å²) in [5.41, 5.74) is 0.923. The lowest BCUT2D eigenvalue weighted by atomic mass is 9.94. The number of methoxy groups -OCH3 is 1. The molecule has 1 aromatic rings. The van der Waals surface area contributed by atoms with E-state index in [1.165, 1.54) is 7.11 Å². The number of aliphatic imine (C=N–C) groups is 1. The second-order valence-electron chi connectivity index (χ2n) is 3.73. The van der Waals surface area contributed by atoms with Gasteiger partial charge in [-0.25, -0.2) is 0 Å². The molecule has 3 nitrogen and oxygen atoms in total. The van der Waals surface area contributed by atoms with E-state index in [-0.39, 0.29) is 17.9 Å². The van der Waals surface area contributed by atoms with E-state index in [1.54, 1.807) is 12.1 Å². The third-order valence-electron chi connectivity index (χ3n) is 2.60. The van der Waals surface area contributed by atoms with E-state index in [0.717, 1.165) is 5.56 Å². The fourth-order valence-electron chi connectivity index (χ4n) is 1.63. The molecule has 0 fully saturated rings. The van der Waals surface area contributed by atoms with Gasteiger partial charge in [-0.2, -0.15) is 0 Å². The largest absolute Gasteiger partial charge is 0.469 e. The number of hydrogen-bond acceptors (Lipinski definition) is 3. The molecule has 1 aromatic carbocycles. The van der Waals surface area contributed by atoms with Gasteiger partial charge in [0.1, 0.15) is 0 Å². The molecule has 2 rings (SSSR count). The van der Waals surface area contributed by atoms with Crippen LogP contribution < -0.4 is 0 Å². The van der Waals surface area contributed by atoms with E-state index in [4.69, 9.17) is 16.3 Å². The Hall–Kier alpha value is -1.35. The van der Waals surface area contributed by atoms with E-state index in [1.807, 2.05) is 18.3 Å². The SMILES string of the molecule is COC(=O)C(CC1C=N1)c1ccc(Cl)cc1. The Bertz CT molecular complexity index is 408. The molecule has 0 aromatic heterocycles. The highest BCUT2D eigenvalue weighted by Gasteiger charge is 2.27. The van der Waals surface area contributed by atoms with Gasteiger partial charge in [0.25, 0.3) is 0 Å². The summed E-state index contributed by atoms with van der Waals surface area (Å²) < 4.78 is 4.80. The molecule has 0 aliphatic carbocycles. The van der Waals surface area contributed by atoms with Crippen LogP contribution >= 0.6 is 11.6 Å². The number of carbonyl (C=O) groups is 1. The number of ether oxygens (including phenoxy) is 1. The second kappa shape index (κ2) is 4.66. The maximum atomic E-state index is 11.6. The summed E-state index contributed by atoms with van der Waals surface area (Å²) in [5.74, 6) is -0.479. The summed E-state index contributed by atoms with van der Waals surface area (Å²) in [5, 5.41) is 0.662. The molecule has 0 spiro atoms. The van der Waals surface area contributed by atoms with Crippen LogP contribution in [0.2, 0.25) is 5.02 Å². The van der Waals surface area contributed by atoms with Crippen LogP contribution in [0.4, 0.5) is 0 Å². The zero-order valence-electron chi connectivity index (χ0n) is 8.89. The Labute approximate surface area is 99.1 Å². The molecule has 0 saturated heterocycles. The van der Waals surface area contributed by atoms with Crippen LogP contribution in [0, 0.1) is 0 Å². The van der Waals surface area contributed by atoms with E-state index < -0.39 is 0 Å². The summed E-state index contributed by atoms with van der Waals surface area (Å²) >= 11 is 5.81. The molecule has 4 heteroatoms. The molecule has 1 aliphatic heterocycles. The molecular weight excluding hydrogens is 226 g/mol. The van der Waals surface area contributed by atoms with Crippen LogP contribution in [0.5, 0.6) is 0 Å². The third kappa shape index (κ3) is 2.61. The first kappa shape index (κ1) is 11.1. The van der Waals surface area contributed by atoms with Crippen LogP contribution in [0.3, 0.4) is 0 Å². The first-order chi connectivity index (χ1) is 7.70. The highest BCUT2D eigenvalue weighted by molar-refractivity contribution is 6.30. The molecule has 1 heterocycles. The average Bonchev–Trinajstić information content (AvgIpc) is 3.10. The van der Waals surface area contributed by atoms with Gasteiger partial charge in [-0.1, -0.05) is 23.7 Å². The molecule has 84 valence electrons. The Kier molecular flexibility index (Phi) is 3.25. The van der Waals surface area contributed by atoms with Crippen molar-refractivity contribution in [3.8, 4) is 0 Å². The smallest absolute Gasteiger partial charge is 0.313 e. The fourth-order valence-corrected chi connectivity index (χ4v) is 1.76. The van der Waals surface area contributed by atoms with Crippen molar-refractivity contribution in [2.24, 2.45) is 4.99 Å². The lowest BCUT2D eigenvalue weighted by Crippen LogP contribution is -2.16. The lowest BCUT2D eigenvalue weighted by molar-refractivity contribution is -0.142. The summed E-state index contributed by atoms with van der Waals surface area (Å²) in [7, 11) is 1.40. The van der Waals surface area contributed by atoms with Gasteiger partial charge in [-0.3, -0.25) is 9.79 Å². The normalized spacial score (nSPS) is 19.2. The first-order valence-corrected chi connectivity index (χ1v) is 5.45. The number of rotatable bonds is 4. The predicted octanol–water partition coefficient (Wildman–Crippen LogP) is 2.44. The molecule has 0 saturated carbocycles. The summed E-state index contributed by atoms with van der Waals surface area (Å²) in [6.45, 7) is 0. The van der Waals surface area contributed by atoms with Crippen molar-refractivity contribution >= 4 is 23.8 Å². The van der Waals surface area contributed by atoms with Crippen molar-refractivity contribution in [1.82, 2.24) is 0 Å². The number of hydrogen-bond donors (Lipinski definition) is 0. The van der Waals surface area contributed by atoms with Crippen molar-refractivity contribution in [2.75, 3.05) is 7.11 Å². The van der Waals surface area contributed by atoms with E-state index in [2.05, 4.69) is 4.99 Å². The van der Waals surface area contributed by atoms with Crippen molar-refractivity contribution in [3.05, 3.63) is 34.9 Å². The minimum Gasteiger partial charge on any atom is -0.469 e. The van der Waals surface area contributed by atoms with Crippen LogP contribution in [-0.2, 0) is 9.53 Å². The van der Waals surface area contributed by atoms with Crippen LogP contribution in [0.1, 0.15) is 17.9 Å². The van der Waals surface area contributed by atoms with Crippen molar-refractivity contribution in [3.63, 3.8) is 0 Å². The average molecular weight is 238 g/mol. The van der Waals surface area contributed by atoms with Gasteiger partial charge in [0.05, 0.1) is 19.1 Å². The lowest BCUT2D eigenvalue weighted by Gasteiger charge is -2.14. The molecule has 16 heavy (non-hydrogen) atoms. The number of carbonyl (C=O) groups excluding carboxylic acids is 1. The zero-order chi connectivity index (χ0) is 11.5. The topological polar surface area (TPSA) is 38.7 Å². The Balaban J connectivity index is 2.16. The van der Waals surface area contributed by atoms with Crippen LogP contribution in [0.25, 0.3) is 0 Å². The fraction of sp³-hybridized carbons (Fsp3) is 0.333. The van der Waals surface area contributed by atoms with Gasteiger partial charge in [-0.15, -0.1) is 0 Å². The monoisotopic (exact) mass is 237 g/mol. The minimum atomic E-state index is -0.255. The quantitative estimate of drug-likeness (QED) is 0.755. The van der Waals surface area contributed by atoms with Crippen molar-refractivity contribution in [1.29, 1.82) is 0 Å². The van der Waals surface area contributed by atoms with Crippen LogP contribution in [-0.4, -0.2) is 25.3 Å². The number of nitrogens with zero attached hydrogens (tertiary/aromatic N) is 1. The van der Waals surface area contributed by atoms with Crippen molar-refractivity contribution < 1.29 is 9.53 Å². The molecule has 0 radical (unpaired) electrons. The minimum absolute atomic E-state index is 0.194. The molecular formula is C12H12ClNO2. The van der Waals surface area contributed by atoms with Gasteiger partial charge >= 0.3 is 5.97 Å². The van der Waals surface area contributed by atoms with Crippen molar-refractivity contribution in [2.45, 2.75) is 18.4 Å². The summed E-state index contributed by atoms with van der Waals surface area (Å²) in [6.07, 6.45) is 2.51. The Morgan fingerprint density at radius 2 is 2.12 bits per heavy atom. The number of esters is 1. The predicted molar refractivity (Wildman–Crippen MR) is 63.1 cm³/mol. The molecule has 2 unspecified atom stereocenters. The van der Waals surface area contributed by atoms with Gasteiger partial charge in [0, 0.05) is 11.2 Å². The maximum Gasteiger partial charge on any atom is 0.313 e. The highest BCUT2D eigenvalue weighted by Crippen LogP contribution is 2.27. The molecule has 0 N–H and O–H groups in total. The molecule has 0 amide bonds.